The first-order valence-corrected chi connectivity index (χ1v) is 11.2. The molecular weight excluding hydrogens is 461 g/mol. The quantitative estimate of drug-likeness (QED) is 0.331. The minimum absolute atomic E-state index is 0.0838. The number of carbonyl (C=O) groups is 1. The number of aromatic nitrogens is 8. The highest BCUT2D eigenvalue weighted by Crippen LogP contribution is 2.34. The largest absolute Gasteiger partial charge is 0.336 e. The molecule has 0 bridgehead atoms. The highest BCUT2D eigenvalue weighted by molar-refractivity contribution is 5.97. The number of halogens is 1. The smallest absolute Gasteiger partial charge is 0.224 e. The SMILES string of the molecule is CCC(=O)Nc1cncc(-c2ncc3[nH]nc(-c4nc5c(-c6ccncc6)nccc5[nH]4)c3c2F)c1. The summed E-state index contributed by atoms with van der Waals surface area (Å²) in [7, 11) is 0. The number of carbonyl (C=O) groups excluding carboxylic acids is 1. The molecule has 0 aliphatic rings. The summed E-state index contributed by atoms with van der Waals surface area (Å²) in [6, 6.07) is 7.13. The number of fused-ring (bicyclic) bond motifs is 2. The van der Waals surface area contributed by atoms with Crippen LogP contribution < -0.4 is 5.32 Å². The van der Waals surface area contributed by atoms with Crippen LogP contribution in [0.4, 0.5) is 10.1 Å². The van der Waals surface area contributed by atoms with E-state index in [1.54, 1.807) is 37.6 Å². The molecule has 0 atom stereocenters. The summed E-state index contributed by atoms with van der Waals surface area (Å²) in [6.07, 6.45) is 9.87. The average Bonchev–Trinajstić information content (AvgIpc) is 3.54. The molecule has 1 amide bonds. The maximum Gasteiger partial charge on any atom is 0.224 e. The van der Waals surface area contributed by atoms with E-state index in [2.05, 4.69) is 40.4 Å². The van der Waals surface area contributed by atoms with Crippen LogP contribution in [0.1, 0.15) is 13.3 Å². The number of hydrogen-bond acceptors (Lipinski definition) is 7. The lowest BCUT2D eigenvalue weighted by Gasteiger charge is -2.07. The number of aromatic amines is 2. The molecule has 6 aromatic rings. The van der Waals surface area contributed by atoms with Crippen molar-refractivity contribution in [3.63, 3.8) is 0 Å². The Morgan fingerprint density at radius 3 is 2.64 bits per heavy atom. The van der Waals surface area contributed by atoms with Gasteiger partial charge in [-0.15, -0.1) is 0 Å². The van der Waals surface area contributed by atoms with Gasteiger partial charge in [-0.05, 0) is 24.3 Å². The van der Waals surface area contributed by atoms with Crippen molar-refractivity contribution < 1.29 is 9.18 Å². The monoisotopic (exact) mass is 479 g/mol. The maximum absolute atomic E-state index is 15.9. The van der Waals surface area contributed by atoms with E-state index < -0.39 is 5.82 Å². The standard InChI is InChI=1S/C25H18FN9O/c1-2-18(36)31-15-9-14(10-28-11-15)21-20(26)19-17(12-30-21)34-35-24(19)25-32-16-5-8-29-22(23(16)33-25)13-3-6-27-7-4-13/h3-12H,2H2,1H3,(H,31,36)(H,32,33)(H,34,35). The van der Waals surface area contributed by atoms with Gasteiger partial charge in [-0.1, -0.05) is 6.92 Å². The molecule has 0 saturated heterocycles. The molecule has 0 unspecified atom stereocenters. The third-order valence-electron chi connectivity index (χ3n) is 5.74. The van der Waals surface area contributed by atoms with E-state index in [9.17, 15) is 4.79 Å². The molecule has 0 aliphatic carbocycles. The van der Waals surface area contributed by atoms with E-state index in [-0.39, 0.29) is 17.0 Å². The summed E-state index contributed by atoms with van der Waals surface area (Å²) >= 11 is 0. The van der Waals surface area contributed by atoms with Crippen LogP contribution in [0.2, 0.25) is 0 Å². The van der Waals surface area contributed by atoms with Crippen LogP contribution in [0.3, 0.4) is 0 Å². The number of rotatable bonds is 5. The van der Waals surface area contributed by atoms with Gasteiger partial charge < -0.3 is 10.3 Å². The highest BCUT2D eigenvalue weighted by Gasteiger charge is 2.21. The highest BCUT2D eigenvalue weighted by atomic mass is 19.1. The number of pyridine rings is 4. The van der Waals surface area contributed by atoms with E-state index in [1.807, 2.05) is 12.1 Å². The third-order valence-corrected chi connectivity index (χ3v) is 5.74. The third kappa shape index (κ3) is 3.63. The first-order valence-electron chi connectivity index (χ1n) is 11.2. The summed E-state index contributed by atoms with van der Waals surface area (Å²) < 4.78 is 15.9. The van der Waals surface area contributed by atoms with Crippen molar-refractivity contribution in [1.82, 2.24) is 40.1 Å². The van der Waals surface area contributed by atoms with Crippen molar-refractivity contribution in [3.8, 4) is 34.0 Å². The Morgan fingerprint density at radius 2 is 1.81 bits per heavy atom. The number of imidazole rings is 1. The predicted molar refractivity (Wildman–Crippen MR) is 132 cm³/mol. The summed E-state index contributed by atoms with van der Waals surface area (Å²) in [4.78, 5) is 36.6. The number of anilines is 1. The van der Waals surface area contributed by atoms with E-state index in [1.165, 1.54) is 18.6 Å². The molecule has 6 aromatic heterocycles. The van der Waals surface area contributed by atoms with Gasteiger partial charge in [0.15, 0.2) is 11.6 Å². The topological polar surface area (TPSA) is 138 Å². The first-order chi connectivity index (χ1) is 17.6. The van der Waals surface area contributed by atoms with Gasteiger partial charge in [0.1, 0.15) is 16.9 Å². The van der Waals surface area contributed by atoms with Crippen molar-refractivity contribution >= 4 is 33.5 Å². The molecule has 0 radical (unpaired) electrons. The van der Waals surface area contributed by atoms with Crippen molar-refractivity contribution in [2.75, 3.05) is 5.32 Å². The van der Waals surface area contributed by atoms with Crippen LogP contribution >= 0.6 is 0 Å². The zero-order valence-corrected chi connectivity index (χ0v) is 19.0. The molecule has 6 rings (SSSR count). The molecule has 0 saturated carbocycles. The Morgan fingerprint density at radius 1 is 0.944 bits per heavy atom. The minimum Gasteiger partial charge on any atom is -0.336 e. The van der Waals surface area contributed by atoms with Gasteiger partial charge in [0.05, 0.1) is 40.2 Å². The van der Waals surface area contributed by atoms with E-state index >= 15 is 4.39 Å². The Hall–Kier alpha value is -5.06. The molecule has 0 aliphatic heterocycles. The molecule has 3 N–H and O–H groups in total. The lowest BCUT2D eigenvalue weighted by atomic mass is 10.1. The van der Waals surface area contributed by atoms with Gasteiger partial charge in [-0.25, -0.2) is 9.37 Å². The average molecular weight is 479 g/mol. The van der Waals surface area contributed by atoms with Gasteiger partial charge in [0.25, 0.3) is 0 Å². The van der Waals surface area contributed by atoms with Gasteiger partial charge in [-0.3, -0.25) is 29.8 Å². The predicted octanol–water partition coefficient (Wildman–Crippen LogP) is 4.51. The Kier molecular flexibility index (Phi) is 5.14. The van der Waals surface area contributed by atoms with Crippen molar-refractivity contribution in [2.45, 2.75) is 13.3 Å². The second-order valence-corrected chi connectivity index (χ2v) is 8.02. The van der Waals surface area contributed by atoms with Gasteiger partial charge >= 0.3 is 0 Å². The van der Waals surface area contributed by atoms with Crippen LogP contribution in [0.15, 0.2) is 61.4 Å². The fraction of sp³-hybridized carbons (Fsp3) is 0.0800. The van der Waals surface area contributed by atoms with Crippen molar-refractivity contribution in [2.24, 2.45) is 0 Å². The van der Waals surface area contributed by atoms with Gasteiger partial charge in [-0.2, -0.15) is 5.10 Å². The summed E-state index contributed by atoms with van der Waals surface area (Å²) in [5.41, 5.74) is 4.60. The second kappa shape index (κ2) is 8.62. The maximum atomic E-state index is 15.9. The minimum atomic E-state index is -0.579. The number of nitrogens with one attached hydrogen (secondary N) is 3. The molecule has 6 heterocycles. The summed E-state index contributed by atoms with van der Waals surface area (Å²) in [5.74, 6) is -0.358. The fourth-order valence-electron chi connectivity index (χ4n) is 4.00. The molecule has 11 heteroatoms. The van der Waals surface area contributed by atoms with Gasteiger partial charge in [0, 0.05) is 42.3 Å². The fourth-order valence-corrected chi connectivity index (χ4v) is 4.00. The Bertz CT molecular complexity index is 1740. The summed E-state index contributed by atoms with van der Waals surface area (Å²) in [5, 5.41) is 10.1. The Balaban J connectivity index is 1.47. The normalized spacial score (nSPS) is 11.3. The van der Waals surface area contributed by atoms with E-state index in [0.29, 0.717) is 45.9 Å². The number of amides is 1. The van der Waals surface area contributed by atoms with Crippen LogP contribution in [-0.4, -0.2) is 46.0 Å². The van der Waals surface area contributed by atoms with Crippen LogP contribution in [0.5, 0.6) is 0 Å². The molecular formula is C25H18FN9O. The van der Waals surface area contributed by atoms with Crippen molar-refractivity contribution in [1.29, 1.82) is 0 Å². The molecule has 36 heavy (non-hydrogen) atoms. The van der Waals surface area contributed by atoms with Gasteiger partial charge in [0.2, 0.25) is 5.91 Å². The van der Waals surface area contributed by atoms with Crippen LogP contribution in [-0.2, 0) is 4.79 Å². The number of nitrogens with zero attached hydrogens (tertiary/aromatic N) is 6. The molecule has 0 fully saturated rings. The second-order valence-electron chi connectivity index (χ2n) is 8.02. The van der Waals surface area contributed by atoms with Crippen LogP contribution in [0.25, 0.3) is 56.0 Å². The van der Waals surface area contributed by atoms with E-state index in [0.717, 1.165) is 11.1 Å². The molecule has 0 aromatic carbocycles. The number of H-pyrrole nitrogens is 2. The summed E-state index contributed by atoms with van der Waals surface area (Å²) in [6.45, 7) is 1.75. The van der Waals surface area contributed by atoms with Crippen LogP contribution in [0, 0.1) is 5.82 Å². The Labute approximate surface area is 203 Å². The molecule has 10 nitrogen and oxygen atoms in total. The zero-order chi connectivity index (χ0) is 24.6. The van der Waals surface area contributed by atoms with E-state index in [4.69, 9.17) is 4.98 Å². The van der Waals surface area contributed by atoms with Crippen molar-refractivity contribution in [3.05, 3.63) is 67.3 Å². The number of hydrogen-bond donors (Lipinski definition) is 3. The first kappa shape index (κ1) is 21.5. The lowest BCUT2D eigenvalue weighted by molar-refractivity contribution is -0.115. The molecule has 176 valence electrons. The molecule has 0 spiro atoms. The zero-order valence-electron chi connectivity index (χ0n) is 19.0. The lowest BCUT2D eigenvalue weighted by Crippen LogP contribution is -2.09.